The van der Waals surface area contributed by atoms with E-state index in [0.717, 1.165) is 21.0 Å². The number of urea groups is 1. The number of halogens is 4. The standard InChI is InChI=1S/C21H16F4N8O2/c22-17-7-27-18-12(3-14(31-33(17)18)13-5-28-20(35)30-19(13)34)11-2-10(11)9-1-16-15(26-4-9)6-29-32(16)8-21(23,24)25/h1,3-4,6-7,10-11,13H,2,5,8H2,(H2,28,30,34,35)/t10-,11+,13?/m1/s1. The van der Waals surface area contributed by atoms with E-state index in [1.807, 2.05) is 0 Å². The second kappa shape index (κ2) is 7.45. The number of rotatable bonds is 4. The van der Waals surface area contributed by atoms with Gasteiger partial charge in [0, 0.05) is 18.3 Å². The van der Waals surface area contributed by atoms with Gasteiger partial charge in [-0.2, -0.15) is 32.3 Å². The fourth-order valence-corrected chi connectivity index (χ4v) is 4.58. The zero-order chi connectivity index (χ0) is 24.5. The first-order chi connectivity index (χ1) is 16.7. The van der Waals surface area contributed by atoms with E-state index in [4.69, 9.17) is 0 Å². The highest BCUT2D eigenvalue weighted by Crippen LogP contribution is 2.55. The number of alkyl halides is 3. The number of nitrogens with zero attached hydrogens (tertiary/aromatic N) is 6. The lowest BCUT2D eigenvalue weighted by Gasteiger charge is -2.22. The minimum atomic E-state index is -4.42. The number of carbonyl (C=O) groups is 2. The summed E-state index contributed by atoms with van der Waals surface area (Å²) in [5.41, 5.74) is 2.55. The third-order valence-electron chi connectivity index (χ3n) is 6.31. The largest absolute Gasteiger partial charge is 0.408 e. The monoisotopic (exact) mass is 488 g/mol. The van der Waals surface area contributed by atoms with Crippen LogP contribution in [0, 0.1) is 5.95 Å². The summed E-state index contributed by atoms with van der Waals surface area (Å²) in [6.07, 6.45) is 0.115. The molecular formula is C21H16F4N8O2. The average molecular weight is 488 g/mol. The van der Waals surface area contributed by atoms with Crippen molar-refractivity contribution in [2.24, 2.45) is 0 Å². The highest BCUT2D eigenvalue weighted by Gasteiger charge is 2.43. The Morgan fingerprint density at radius 3 is 2.69 bits per heavy atom. The number of aromatic nitrogens is 6. The van der Waals surface area contributed by atoms with Gasteiger partial charge in [0.2, 0.25) is 11.9 Å². The lowest BCUT2D eigenvalue weighted by atomic mass is 9.99. The Kier molecular flexibility index (Phi) is 4.56. The van der Waals surface area contributed by atoms with Crippen LogP contribution in [0.15, 0.2) is 30.7 Å². The zero-order valence-corrected chi connectivity index (χ0v) is 17.8. The molecule has 6 rings (SSSR count). The maximum Gasteiger partial charge on any atom is 0.408 e. The normalized spacial score (nSPS) is 22.5. The number of carbonyl (C=O) groups excluding carboxylic acids is 2. The fourth-order valence-electron chi connectivity index (χ4n) is 4.58. The Hall–Kier alpha value is -4.10. The minimum Gasteiger partial charge on any atom is -0.337 e. The first-order valence-corrected chi connectivity index (χ1v) is 10.7. The molecule has 3 atom stereocenters. The van der Waals surface area contributed by atoms with Gasteiger partial charge in [0.15, 0.2) is 5.65 Å². The summed E-state index contributed by atoms with van der Waals surface area (Å²) in [6, 6.07) is 2.70. The number of imidazole rings is 1. The maximum absolute atomic E-state index is 14.4. The van der Waals surface area contributed by atoms with Crippen molar-refractivity contribution >= 4 is 28.6 Å². The molecule has 0 spiro atoms. The number of hydrogen-bond acceptors (Lipinski definition) is 6. The van der Waals surface area contributed by atoms with Crippen molar-refractivity contribution in [2.45, 2.75) is 36.9 Å². The van der Waals surface area contributed by atoms with Crippen LogP contribution in [0.3, 0.4) is 0 Å². The SMILES string of the molecule is O=C1NCC(c2cc([C@H]3C[C@@H]3c3cnc4cnn(CC(F)(F)F)c4c3)c3ncc(F)n3n2)C(=O)N1. The van der Waals surface area contributed by atoms with Gasteiger partial charge in [-0.25, -0.2) is 9.78 Å². The Morgan fingerprint density at radius 2 is 1.91 bits per heavy atom. The summed E-state index contributed by atoms with van der Waals surface area (Å²) in [5.74, 6) is -2.31. The third kappa shape index (κ3) is 3.74. The van der Waals surface area contributed by atoms with Crippen LogP contribution in [-0.2, 0) is 11.3 Å². The van der Waals surface area contributed by atoms with Crippen LogP contribution in [0.1, 0.15) is 41.0 Å². The molecule has 4 aromatic heterocycles. The first kappa shape index (κ1) is 21.4. The van der Waals surface area contributed by atoms with Crippen LogP contribution in [-0.4, -0.2) is 54.0 Å². The summed E-state index contributed by atoms with van der Waals surface area (Å²) in [6.45, 7) is -1.21. The second-order valence-corrected chi connectivity index (χ2v) is 8.63. The molecule has 1 unspecified atom stereocenters. The average Bonchev–Trinajstić information content (AvgIpc) is 3.38. The van der Waals surface area contributed by atoms with Gasteiger partial charge in [0.05, 0.1) is 29.5 Å². The van der Waals surface area contributed by atoms with Crippen LogP contribution in [0.5, 0.6) is 0 Å². The van der Waals surface area contributed by atoms with Crippen LogP contribution >= 0.6 is 0 Å². The number of fused-ring (bicyclic) bond motifs is 2. The second-order valence-electron chi connectivity index (χ2n) is 8.63. The molecule has 3 amide bonds. The number of imide groups is 1. The predicted octanol–water partition coefficient (Wildman–Crippen LogP) is 2.37. The smallest absolute Gasteiger partial charge is 0.337 e. The van der Waals surface area contributed by atoms with E-state index >= 15 is 0 Å². The summed E-state index contributed by atoms with van der Waals surface area (Å²) >= 11 is 0. The molecule has 0 radical (unpaired) electrons. The van der Waals surface area contributed by atoms with Gasteiger partial charge >= 0.3 is 12.2 Å². The molecule has 5 heterocycles. The topological polar surface area (TPSA) is 119 Å². The summed E-state index contributed by atoms with van der Waals surface area (Å²) in [5, 5.41) is 12.7. The predicted molar refractivity (Wildman–Crippen MR) is 111 cm³/mol. The van der Waals surface area contributed by atoms with E-state index in [-0.39, 0.29) is 35.2 Å². The van der Waals surface area contributed by atoms with Gasteiger partial charge in [-0.05, 0) is 36.0 Å². The molecule has 180 valence electrons. The van der Waals surface area contributed by atoms with E-state index in [1.165, 1.54) is 6.20 Å². The van der Waals surface area contributed by atoms with Crippen molar-refractivity contribution in [3.05, 3.63) is 53.5 Å². The molecule has 1 aliphatic heterocycles. The van der Waals surface area contributed by atoms with Crippen molar-refractivity contribution in [1.29, 1.82) is 0 Å². The molecule has 35 heavy (non-hydrogen) atoms. The fraction of sp³-hybridized carbons (Fsp3) is 0.333. The lowest BCUT2D eigenvalue weighted by Crippen LogP contribution is -2.51. The summed E-state index contributed by atoms with van der Waals surface area (Å²) in [7, 11) is 0. The highest BCUT2D eigenvalue weighted by atomic mass is 19.4. The van der Waals surface area contributed by atoms with Gasteiger partial charge in [0.1, 0.15) is 12.1 Å². The molecular weight excluding hydrogens is 472 g/mol. The van der Waals surface area contributed by atoms with E-state index < -0.39 is 36.5 Å². The maximum atomic E-state index is 14.4. The summed E-state index contributed by atoms with van der Waals surface area (Å²) in [4.78, 5) is 32.2. The Morgan fingerprint density at radius 1 is 1.09 bits per heavy atom. The number of amides is 3. The van der Waals surface area contributed by atoms with Crippen LogP contribution in [0.2, 0.25) is 0 Å². The Balaban J connectivity index is 1.36. The molecule has 2 N–H and O–H groups in total. The molecule has 1 aliphatic carbocycles. The third-order valence-corrected chi connectivity index (χ3v) is 6.31. The molecule has 1 saturated carbocycles. The van der Waals surface area contributed by atoms with Crippen LogP contribution in [0.4, 0.5) is 22.4 Å². The van der Waals surface area contributed by atoms with E-state index in [1.54, 1.807) is 18.3 Å². The first-order valence-electron chi connectivity index (χ1n) is 10.7. The van der Waals surface area contributed by atoms with Crippen molar-refractivity contribution in [2.75, 3.05) is 6.54 Å². The summed E-state index contributed by atoms with van der Waals surface area (Å²) < 4.78 is 55.0. The van der Waals surface area contributed by atoms with Crippen molar-refractivity contribution in [3.8, 4) is 0 Å². The van der Waals surface area contributed by atoms with Crippen LogP contribution < -0.4 is 10.6 Å². The van der Waals surface area contributed by atoms with Gasteiger partial charge in [0.25, 0.3) is 0 Å². The molecule has 4 aromatic rings. The molecule has 0 bridgehead atoms. The molecule has 0 aromatic carbocycles. The van der Waals surface area contributed by atoms with E-state index in [2.05, 4.69) is 30.8 Å². The number of pyridine rings is 1. The zero-order valence-electron chi connectivity index (χ0n) is 17.8. The molecule has 14 heteroatoms. The number of hydrogen-bond donors (Lipinski definition) is 2. The Bertz CT molecular complexity index is 1510. The van der Waals surface area contributed by atoms with Gasteiger partial charge in [-0.1, -0.05) is 0 Å². The number of nitrogens with one attached hydrogen (secondary N) is 2. The van der Waals surface area contributed by atoms with E-state index in [9.17, 15) is 27.2 Å². The van der Waals surface area contributed by atoms with Crippen LogP contribution in [0.25, 0.3) is 16.7 Å². The van der Waals surface area contributed by atoms with Gasteiger partial charge in [-0.3, -0.25) is 19.8 Å². The van der Waals surface area contributed by atoms with Crippen molar-refractivity contribution < 1.29 is 27.2 Å². The van der Waals surface area contributed by atoms with Crippen molar-refractivity contribution in [3.63, 3.8) is 0 Å². The molecule has 2 aliphatic rings. The molecule has 2 fully saturated rings. The molecule has 10 nitrogen and oxygen atoms in total. The minimum absolute atomic E-state index is 0.0107. The lowest BCUT2D eigenvalue weighted by molar-refractivity contribution is -0.141. The van der Waals surface area contributed by atoms with E-state index in [0.29, 0.717) is 17.5 Å². The highest BCUT2D eigenvalue weighted by molar-refractivity contribution is 6.00. The van der Waals surface area contributed by atoms with Crippen molar-refractivity contribution in [1.82, 2.24) is 40.0 Å². The molecule has 1 saturated heterocycles. The van der Waals surface area contributed by atoms with Gasteiger partial charge in [-0.15, -0.1) is 0 Å². The Labute approximate surface area is 193 Å². The quantitative estimate of drug-likeness (QED) is 0.426. The van der Waals surface area contributed by atoms with Gasteiger partial charge < -0.3 is 5.32 Å².